The second kappa shape index (κ2) is 4.52. The van der Waals surface area contributed by atoms with Crippen LogP contribution in [0.2, 0.25) is 0 Å². The number of hydrogen-bond acceptors (Lipinski definition) is 3. The maximum Gasteiger partial charge on any atom is 0.258 e. The Hall–Kier alpha value is -2.56. The van der Waals surface area contributed by atoms with Crippen molar-refractivity contribution >= 4 is 11.6 Å². The van der Waals surface area contributed by atoms with Crippen molar-refractivity contribution in [3.8, 4) is 11.5 Å². The quantitative estimate of drug-likeness (QED) is 0.839. The Morgan fingerprint density at radius 3 is 2.50 bits per heavy atom. The second-order valence-electron chi connectivity index (χ2n) is 4.72. The summed E-state index contributed by atoms with van der Waals surface area (Å²) in [5, 5.41) is 18.9. The number of rotatable bonds is 1. The molecule has 0 saturated heterocycles. The number of carbonyl (C=O) groups is 1. The Bertz CT molecular complexity index is 679. The summed E-state index contributed by atoms with van der Waals surface area (Å²) in [7, 11) is 0. The van der Waals surface area contributed by atoms with E-state index in [0.717, 1.165) is 11.6 Å². The van der Waals surface area contributed by atoms with Crippen molar-refractivity contribution in [1.82, 2.24) is 0 Å². The van der Waals surface area contributed by atoms with E-state index in [-0.39, 0.29) is 23.0 Å². The van der Waals surface area contributed by atoms with Crippen LogP contribution in [-0.2, 0) is 6.42 Å². The number of phenols is 2. The van der Waals surface area contributed by atoms with E-state index in [2.05, 4.69) is 0 Å². The van der Waals surface area contributed by atoms with Gasteiger partial charge in [0.15, 0.2) is 0 Å². The van der Waals surface area contributed by atoms with E-state index in [1.54, 1.807) is 6.07 Å². The summed E-state index contributed by atoms with van der Waals surface area (Å²) in [6.07, 6.45) is 0.659. The molecule has 0 spiro atoms. The molecule has 5 heteroatoms. The average molecular weight is 273 g/mol. The van der Waals surface area contributed by atoms with Crippen LogP contribution in [-0.4, -0.2) is 22.7 Å². The highest BCUT2D eigenvalue weighted by molar-refractivity contribution is 6.07. The lowest BCUT2D eigenvalue weighted by Crippen LogP contribution is -2.28. The van der Waals surface area contributed by atoms with Crippen molar-refractivity contribution in [2.75, 3.05) is 11.4 Å². The molecule has 1 aliphatic rings. The molecule has 102 valence electrons. The van der Waals surface area contributed by atoms with Crippen LogP contribution in [0.15, 0.2) is 36.4 Å². The van der Waals surface area contributed by atoms with Crippen LogP contribution >= 0.6 is 0 Å². The maximum absolute atomic E-state index is 13.3. The second-order valence-corrected chi connectivity index (χ2v) is 4.72. The van der Waals surface area contributed by atoms with Crippen molar-refractivity contribution in [2.45, 2.75) is 6.42 Å². The molecule has 0 radical (unpaired) electrons. The highest BCUT2D eigenvalue weighted by Crippen LogP contribution is 2.31. The molecular weight excluding hydrogens is 261 g/mol. The van der Waals surface area contributed by atoms with Gasteiger partial charge < -0.3 is 15.1 Å². The SMILES string of the molecule is O=C(c1cc(O)cc(O)c1)N1CCc2ccc(F)cc21. The number of hydrogen-bond donors (Lipinski definition) is 2. The molecule has 4 nitrogen and oxygen atoms in total. The first-order valence-electron chi connectivity index (χ1n) is 6.18. The molecule has 0 bridgehead atoms. The summed E-state index contributed by atoms with van der Waals surface area (Å²) in [6, 6.07) is 8.06. The van der Waals surface area contributed by atoms with Crippen LogP contribution in [0.25, 0.3) is 0 Å². The van der Waals surface area contributed by atoms with E-state index in [0.29, 0.717) is 18.7 Å². The summed E-state index contributed by atoms with van der Waals surface area (Å²) >= 11 is 0. The normalized spacial score (nSPS) is 13.3. The molecule has 0 unspecified atom stereocenters. The molecule has 0 saturated carbocycles. The topological polar surface area (TPSA) is 60.8 Å². The molecule has 0 atom stereocenters. The highest BCUT2D eigenvalue weighted by Gasteiger charge is 2.26. The summed E-state index contributed by atoms with van der Waals surface area (Å²) in [4.78, 5) is 13.9. The lowest BCUT2D eigenvalue weighted by atomic mass is 10.1. The predicted molar refractivity (Wildman–Crippen MR) is 71.6 cm³/mol. The number of anilines is 1. The number of benzene rings is 2. The van der Waals surface area contributed by atoms with Gasteiger partial charge in [0, 0.05) is 18.2 Å². The van der Waals surface area contributed by atoms with Gasteiger partial charge in [0.25, 0.3) is 5.91 Å². The number of phenolic OH excluding ortho intramolecular Hbond substituents is 2. The minimum atomic E-state index is -0.401. The van der Waals surface area contributed by atoms with Gasteiger partial charge in [0.2, 0.25) is 0 Å². The van der Waals surface area contributed by atoms with Gasteiger partial charge in [-0.05, 0) is 36.2 Å². The number of aromatic hydroxyl groups is 2. The monoisotopic (exact) mass is 273 g/mol. The van der Waals surface area contributed by atoms with Gasteiger partial charge in [-0.25, -0.2) is 4.39 Å². The third-order valence-corrected chi connectivity index (χ3v) is 3.34. The summed E-state index contributed by atoms with van der Waals surface area (Å²) < 4.78 is 13.3. The molecular formula is C15H12FNO3. The molecule has 1 aliphatic heterocycles. The fraction of sp³-hybridized carbons (Fsp3) is 0.133. The lowest BCUT2D eigenvalue weighted by Gasteiger charge is -2.17. The lowest BCUT2D eigenvalue weighted by molar-refractivity contribution is 0.0988. The zero-order chi connectivity index (χ0) is 14.3. The van der Waals surface area contributed by atoms with Gasteiger partial charge in [-0.2, -0.15) is 0 Å². The van der Waals surface area contributed by atoms with Gasteiger partial charge in [-0.1, -0.05) is 6.07 Å². The van der Waals surface area contributed by atoms with Crippen molar-refractivity contribution in [3.63, 3.8) is 0 Å². The smallest absolute Gasteiger partial charge is 0.258 e. The third kappa shape index (κ3) is 2.07. The maximum atomic E-state index is 13.3. The van der Waals surface area contributed by atoms with Crippen molar-refractivity contribution < 1.29 is 19.4 Å². The fourth-order valence-electron chi connectivity index (χ4n) is 2.44. The van der Waals surface area contributed by atoms with Crippen molar-refractivity contribution in [3.05, 3.63) is 53.3 Å². The minimum Gasteiger partial charge on any atom is -0.508 e. The number of halogens is 1. The third-order valence-electron chi connectivity index (χ3n) is 3.34. The first kappa shape index (κ1) is 12.5. The Labute approximate surface area is 114 Å². The van der Waals surface area contributed by atoms with E-state index < -0.39 is 5.82 Å². The summed E-state index contributed by atoms with van der Waals surface area (Å²) in [6.45, 7) is 0.452. The Balaban J connectivity index is 1.99. The Morgan fingerprint density at radius 1 is 1.10 bits per heavy atom. The standard InChI is InChI=1S/C15H12FNO3/c16-11-2-1-9-3-4-17(14(9)7-11)15(20)10-5-12(18)8-13(19)6-10/h1-2,5-8,18-19H,3-4H2. The average Bonchev–Trinajstić information content (AvgIpc) is 2.79. The van der Waals surface area contributed by atoms with E-state index in [9.17, 15) is 19.4 Å². The number of carbonyl (C=O) groups excluding carboxylic acids is 1. The Kier molecular flexibility index (Phi) is 2.82. The molecule has 2 N–H and O–H groups in total. The number of amides is 1. The number of fused-ring (bicyclic) bond motifs is 1. The van der Waals surface area contributed by atoms with Crippen molar-refractivity contribution in [1.29, 1.82) is 0 Å². The molecule has 0 aromatic heterocycles. The van der Waals surface area contributed by atoms with Gasteiger partial charge in [-0.3, -0.25) is 4.79 Å². The Morgan fingerprint density at radius 2 is 1.80 bits per heavy atom. The van der Waals surface area contributed by atoms with Crippen LogP contribution in [0.4, 0.5) is 10.1 Å². The van der Waals surface area contributed by atoms with E-state index in [1.165, 1.54) is 29.2 Å². The zero-order valence-corrected chi connectivity index (χ0v) is 10.5. The first-order valence-corrected chi connectivity index (χ1v) is 6.18. The van der Waals surface area contributed by atoms with Crippen LogP contribution in [0.1, 0.15) is 15.9 Å². The van der Waals surface area contributed by atoms with Crippen LogP contribution < -0.4 is 4.90 Å². The van der Waals surface area contributed by atoms with Gasteiger partial charge in [0.1, 0.15) is 17.3 Å². The largest absolute Gasteiger partial charge is 0.508 e. The molecule has 2 aromatic carbocycles. The van der Waals surface area contributed by atoms with E-state index in [4.69, 9.17) is 0 Å². The molecule has 1 heterocycles. The van der Waals surface area contributed by atoms with Crippen molar-refractivity contribution in [2.24, 2.45) is 0 Å². The molecule has 2 aromatic rings. The molecule has 0 fully saturated rings. The molecule has 0 aliphatic carbocycles. The summed E-state index contributed by atoms with van der Waals surface area (Å²) in [5.74, 6) is -1.15. The van der Waals surface area contributed by atoms with Gasteiger partial charge in [0.05, 0.1) is 5.69 Å². The van der Waals surface area contributed by atoms with Gasteiger partial charge in [-0.15, -0.1) is 0 Å². The van der Waals surface area contributed by atoms with Crippen LogP contribution in [0.5, 0.6) is 11.5 Å². The predicted octanol–water partition coefficient (Wildman–Crippen LogP) is 2.44. The fourth-order valence-corrected chi connectivity index (χ4v) is 2.44. The highest BCUT2D eigenvalue weighted by atomic mass is 19.1. The van der Waals surface area contributed by atoms with E-state index >= 15 is 0 Å². The van der Waals surface area contributed by atoms with Crippen LogP contribution in [0, 0.1) is 5.82 Å². The first-order chi connectivity index (χ1) is 9.54. The summed E-state index contributed by atoms with van der Waals surface area (Å²) in [5.41, 5.74) is 1.61. The number of nitrogens with zero attached hydrogens (tertiary/aromatic N) is 1. The van der Waals surface area contributed by atoms with Crippen LogP contribution in [0.3, 0.4) is 0 Å². The molecule has 1 amide bonds. The zero-order valence-electron chi connectivity index (χ0n) is 10.5. The molecule has 20 heavy (non-hydrogen) atoms. The molecule has 3 rings (SSSR count). The van der Waals surface area contributed by atoms with Gasteiger partial charge >= 0.3 is 0 Å². The van der Waals surface area contributed by atoms with E-state index in [1.807, 2.05) is 0 Å². The minimum absolute atomic E-state index is 0.166.